The van der Waals surface area contributed by atoms with Crippen LogP contribution in [0.1, 0.15) is 50.0 Å². The van der Waals surface area contributed by atoms with Gasteiger partial charge in [-0.05, 0) is 55.5 Å². The van der Waals surface area contributed by atoms with E-state index in [1.807, 2.05) is 25.1 Å². The van der Waals surface area contributed by atoms with Gasteiger partial charge in [0.1, 0.15) is 11.5 Å². The maximum atomic E-state index is 13.3. The molecule has 1 aromatic carbocycles. The highest BCUT2D eigenvalue weighted by Crippen LogP contribution is 2.29. The lowest BCUT2D eigenvalue weighted by Crippen LogP contribution is -2.46. The van der Waals surface area contributed by atoms with Crippen LogP contribution in [0.2, 0.25) is 0 Å². The van der Waals surface area contributed by atoms with Crippen LogP contribution in [0.3, 0.4) is 0 Å². The quantitative estimate of drug-likeness (QED) is 0.684. The first-order valence-electron chi connectivity index (χ1n) is 9.97. The molecule has 0 spiro atoms. The van der Waals surface area contributed by atoms with Gasteiger partial charge in [0.05, 0.1) is 24.3 Å². The molecule has 0 unspecified atom stereocenters. The molecule has 2 heterocycles. The van der Waals surface area contributed by atoms with E-state index in [0.29, 0.717) is 17.9 Å². The number of amides is 1. The van der Waals surface area contributed by atoms with Gasteiger partial charge in [-0.1, -0.05) is 26.0 Å². The molecule has 1 amide bonds. The smallest absolute Gasteiger partial charge is 0.264 e. The molecule has 29 heavy (non-hydrogen) atoms. The number of aryl methyl sites for hydroxylation is 1. The molecule has 6 nitrogen and oxygen atoms in total. The van der Waals surface area contributed by atoms with E-state index in [4.69, 9.17) is 9.15 Å². The Kier molecular flexibility index (Phi) is 6.36. The summed E-state index contributed by atoms with van der Waals surface area (Å²) in [5, 5.41) is 0. The van der Waals surface area contributed by atoms with Crippen molar-refractivity contribution in [2.45, 2.75) is 58.7 Å². The van der Waals surface area contributed by atoms with Crippen molar-refractivity contribution in [1.29, 1.82) is 0 Å². The number of ether oxygens (including phenoxy) is 1. The first-order valence-corrected chi connectivity index (χ1v) is 11.8. The first-order chi connectivity index (χ1) is 13.7. The topological polar surface area (TPSA) is 76.8 Å². The van der Waals surface area contributed by atoms with Gasteiger partial charge in [0.2, 0.25) is 0 Å². The van der Waals surface area contributed by atoms with Crippen LogP contribution in [-0.4, -0.2) is 42.9 Å². The van der Waals surface area contributed by atoms with Crippen molar-refractivity contribution >= 4 is 15.7 Å². The summed E-state index contributed by atoms with van der Waals surface area (Å²) in [4.78, 5) is 14.9. The summed E-state index contributed by atoms with van der Waals surface area (Å²) in [5.74, 6) is 1.41. The fourth-order valence-electron chi connectivity index (χ4n) is 3.67. The molecule has 2 aromatic rings. The number of furan rings is 1. The predicted octanol–water partition coefficient (Wildman–Crippen LogP) is 3.69. The minimum Gasteiger partial charge on any atom is -0.481 e. The fourth-order valence-corrected chi connectivity index (χ4v) is 5.40. The summed E-state index contributed by atoms with van der Waals surface area (Å²) >= 11 is 0. The van der Waals surface area contributed by atoms with Crippen molar-refractivity contribution < 1.29 is 22.4 Å². The number of hydrogen-bond donors (Lipinski definition) is 0. The van der Waals surface area contributed by atoms with Crippen LogP contribution in [0.4, 0.5) is 0 Å². The Bertz CT molecular complexity index is 950. The van der Waals surface area contributed by atoms with Gasteiger partial charge in [0.15, 0.2) is 15.9 Å². The molecule has 2 atom stereocenters. The van der Waals surface area contributed by atoms with Gasteiger partial charge in [0, 0.05) is 6.04 Å². The van der Waals surface area contributed by atoms with E-state index in [2.05, 4.69) is 13.8 Å². The molecule has 1 aromatic heterocycles. The molecule has 7 heteroatoms. The van der Waals surface area contributed by atoms with Crippen molar-refractivity contribution in [3.63, 3.8) is 0 Å². The maximum Gasteiger partial charge on any atom is 0.264 e. The highest BCUT2D eigenvalue weighted by Gasteiger charge is 2.37. The van der Waals surface area contributed by atoms with E-state index in [9.17, 15) is 13.2 Å². The Morgan fingerprint density at radius 2 is 2.03 bits per heavy atom. The van der Waals surface area contributed by atoms with Crippen LogP contribution in [0.25, 0.3) is 0 Å². The summed E-state index contributed by atoms with van der Waals surface area (Å²) in [6.45, 7) is 8.08. The summed E-state index contributed by atoms with van der Waals surface area (Å²) < 4.78 is 35.5. The second-order valence-electron chi connectivity index (χ2n) is 8.06. The van der Waals surface area contributed by atoms with Crippen molar-refractivity contribution in [3.05, 3.63) is 53.5 Å². The Morgan fingerprint density at radius 3 is 2.62 bits per heavy atom. The zero-order valence-electron chi connectivity index (χ0n) is 17.4. The molecule has 0 radical (unpaired) electrons. The molecular weight excluding hydrogens is 390 g/mol. The van der Waals surface area contributed by atoms with E-state index >= 15 is 0 Å². The summed E-state index contributed by atoms with van der Waals surface area (Å²) in [6.07, 6.45) is 1.24. The first kappa shape index (κ1) is 21.4. The SMILES string of the molecule is Cc1ccc(C(C)C)c(O[C@@H](C)C(=O)N(Cc2ccco2)[C@@H]2CCS(=O)(=O)C2)c1. The molecule has 1 saturated heterocycles. The fraction of sp³-hybridized carbons (Fsp3) is 0.500. The van der Waals surface area contributed by atoms with Gasteiger partial charge in [-0.25, -0.2) is 8.42 Å². The summed E-state index contributed by atoms with van der Waals surface area (Å²) in [7, 11) is -3.13. The van der Waals surface area contributed by atoms with Crippen LogP contribution in [0.5, 0.6) is 5.75 Å². The van der Waals surface area contributed by atoms with Gasteiger partial charge < -0.3 is 14.1 Å². The Balaban J connectivity index is 1.82. The Hall–Kier alpha value is -2.28. The third kappa shape index (κ3) is 5.21. The number of nitrogens with zero attached hydrogens (tertiary/aromatic N) is 1. The highest BCUT2D eigenvalue weighted by molar-refractivity contribution is 7.91. The molecule has 0 bridgehead atoms. The van der Waals surface area contributed by atoms with Crippen LogP contribution in [-0.2, 0) is 21.2 Å². The van der Waals surface area contributed by atoms with Crippen LogP contribution in [0.15, 0.2) is 41.0 Å². The molecular formula is C22H29NO5S. The van der Waals surface area contributed by atoms with Crippen LogP contribution >= 0.6 is 0 Å². The normalized spacial score (nSPS) is 19.3. The summed E-state index contributed by atoms with van der Waals surface area (Å²) in [5.41, 5.74) is 2.09. The average molecular weight is 420 g/mol. The number of carbonyl (C=O) groups excluding carboxylic acids is 1. The second kappa shape index (κ2) is 8.61. The number of rotatable bonds is 7. The van der Waals surface area contributed by atoms with Crippen molar-refractivity contribution in [2.75, 3.05) is 11.5 Å². The lowest BCUT2D eigenvalue weighted by molar-refractivity contribution is -0.141. The maximum absolute atomic E-state index is 13.3. The second-order valence-corrected chi connectivity index (χ2v) is 10.3. The zero-order chi connectivity index (χ0) is 21.2. The minimum atomic E-state index is -3.13. The monoisotopic (exact) mass is 419 g/mol. The van der Waals surface area contributed by atoms with Gasteiger partial charge in [-0.3, -0.25) is 4.79 Å². The zero-order valence-corrected chi connectivity index (χ0v) is 18.2. The third-order valence-corrected chi connectivity index (χ3v) is 7.03. The van der Waals surface area contributed by atoms with Gasteiger partial charge in [-0.2, -0.15) is 0 Å². The number of sulfone groups is 1. The number of benzene rings is 1. The van der Waals surface area contributed by atoms with Gasteiger partial charge >= 0.3 is 0 Å². The Morgan fingerprint density at radius 1 is 1.28 bits per heavy atom. The third-order valence-electron chi connectivity index (χ3n) is 5.28. The van der Waals surface area contributed by atoms with E-state index in [0.717, 1.165) is 11.1 Å². The van der Waals surface area contributed by atoms with Crippen molar-refractivity contribution in [1.82, 2.24) is 4.90 Å². The largest absolute Gasteiger partial charge is 0.481 e. The highest BCUT2D eigenvalue weighted by atomic mass is 32.2. The van der Waals surface area contributed by atoms with Crippen molar-refractivity contribution in [2.24, 2.45) is 0 Å². The van der Waals surface area contributed by atoms with Gasteiger partial charge in [0.25, 0.3) is 5.91 Å². The average Bonchev–Trinajstić information content (AvgIpc) is 3.28. The van der Waals surface area contributed by atoms with E-state index in [1.165, 1.54) is 0 Å². The Labute approximate surface area is 172 Å². The molecule has 3 rings (SSSR count). The van der Waals surface area contributed by atoms with E-state index in [1.54, 1.807) is 30.2 Å². The number of hydrogen-bond acceptors (Lipinski definition) is 5. The van der Waals surface area contributed by atoms with E-state index < -0.39 is 15.9 Å². The van der Waals surface area contributed by atoms with Crippen LogP contribution in [0, 0.1) is 6.92 Å². The molecule has 158 valence electrons. The van der Waals surface area contributed by atoms with E-state index in [-0.39, 0.29) is 35.9 Å². The lowest BCUT2D eigenvalue weighted by Gasteiger charge is -2.30. The molecule has 0 N–H and O–H groups in total. The molecule has 0 saturated carbocycles. The molecule has 0 aliphatic carbocycles. The number of carbonyl (C=O) groups is 1. The van der Waals surface area contributed by atoms with Gasteiger partial charge in [-0.15, -0.1) is 0 Å². The standard InChI is InChI=1S/C22H29NO5S/c1-15(2)20-8-7-16(3)12-21(20)28-17(4)22(24)23(13-19-6-5-10-27-19)18-9-11-29(25,26)14-18/h5-8,10,12,15,17-18H,9,11,13-14H2,1-4H3/t17-,18+/m0/s1. The van der Waals surface area contributed by atoms with Crippen LogP contribution < -0.4 is 4.74 Å². The molecule has 1 aliphatic heterocycles. The van der Waals surface area contributed by atoms with Crippen molar-refractivity contribution in [3.8, 4) is 5.75 Å². The lowest BCUT2D eigenvalue weighted by atomic mass is 10.0. The summed E-state index contributed by atoms with van der Waals surface area (Å²) in [6, 6.07) is 9.16. The molecule has 1 aliphatic rings. The molecule has 1 fully saturated rings. The minimum absolute atomic E-state index is 0.0200. The predicted molar refractivity (Wildman–Crippen MR) is 112 cm³/mol.